The van der Waals surface area contributed by atoms with Crippen LogP contribution in [0.25, 0.3) is 0 Å². The molecular weight excluding hydrogens is 258 g/mol. The summed E-state index contributed by atoms with van der Waals surface area (Å²) in [6.45, 7) is 5.86. The zero-order valence-electron chi connectivity index (χ0n) is 9.43. The second kappa shape index (κ2) is 5.97. The lowest BCUT2D eigenvalue weighted by Crippen LogP contribution is -2.29. The van der Waals surface area contributed by atoms with E-state index in [2.05, 4.69) is 6.58 Å². The molecule has 0 unspecified atom stereocenters. The molecule has 0 bridgehead atoms. The van der Waals surface area contributed by atoms with E-state index in [1.807, 2.05) is 0 Å². The Labute approximate surface area is 109 Å². The number of rotatable bonds is 5. The number of allylic oxidation sites excluding steroid dienone is 2. The van der Waals surface area contributed by atoms with Crippen molar-refractivity contribution in [3.63, 3.8) is 0 Å². The number of hydrogen-bond acceptors (Lipinski definition) is 4. The molecule has 0 aromatic rings. The van der Waals surface area contributed by atoms with Gasteiger partial charge in [0.05, 0.1) is 4.91 Å². The second-order valence-corrected chi connectivity index (χ2v) is 5.35. The Morgan fingerprint density at radius 1 is 1.65 bits per heavy atom. The number of nitrogens with zero attached hydrogens (tertiary/aromatic N) is 1. The lowest BCUT2D eigenvalue weighted by molar-refractivity contribution is -0.137. The molecule has 17 heavy (non-hydrogen) atoms. The van der Waals surface area contributed by atoms with Crippen molar-refractivity contribution in [3.8, 4) is 0 Å². The van der Waals surface area contributed by atoms with Crippen molar-refractivity contribution in [1.82, 2.24) is 4.90 Å². The molecule has 0 aliphatic carbocycles. The number of thiocarbonyl (C=S) groups is 1. The first-order chi connectivity index (χ1) is 7.91. The summed E-state index contributed by atoms with van der Waals surface area (Å²) in [4.78, 5) is 24.3. The number of hydrogen-bond donors (Lipinski definition) is 1. The van der Waals surface area contributed by atoms with Crippen LogP contribution in [0.15, 0.2) is 23.1 Å². The number of amides is 1. The maximum Gasteiger partial charge on any atom is 0.303 e. The second-order valence-electron chi connectivity index (χ2n) is 3.68. The van der Waals surface area contributed by atoms with Crippen molar-refractivity contribution in [2.75, 3.05) is 6.54 Å². The highest BCUT2D eigenvalue weighted by Gasteiger charge is 2.31. The molecule has 0 atom stereocenters. The quantitative estimate of drug-likeness (QED) is 0.613. The van der Waals surface area contributed by atoms with Gasteiger partial charge in [0.15, 0.2) is 0 Å². The standard InChI is InChI=1S/C11H13NO3S2/c1-7(2)6-8-10(15)12(11(16)17-8)5-3-4-9(13)14/h6H,1,3-5H2,2H3,(H,13,14)/b8-6-. The highest BCUT2D eigenvalue weighted by Crippen LogP contribution is 2.31. The van der Waals surface area contributed by atoms with Gasteiger partial charge >= 0.3 is 5.97 Å². The zero-order chi connectivity index (χ0) is 13.0. The first-order valence-electron chi connectivity index (χ1n) is 5.04. The van der Waals surface area contributed by atoms with E-state index < -0.39 is 5.97 Å². The Morgan fingerprint density at radius 2 is 2.29 bits per heavy atom. The molecule has 0 radical (unpaired) electrons. The third-order valence-electron chi connectivity index (χ3n) is 2.02. The summed E-state index contributed by atoms with van der Waals surface area (Å²) in [7, 11) is 0. The maximum atomic E-state index is 11.9. The molecule has 1 saturated heterocycles. The van der Waals surface area contributed by atoms with E-state index in [1.165, 1.54) is 16.7 Å². The van der Waals surface area contributed by atoms with Crippen molar-refractivity contribution in [3.05, 3.63) is 23.1 Å². The Hall–Kier alpha value is -1.14. The van der Waals surface area contributed by atoms with Crippen molar-refractivity contribution in [2.24, 2.45) is 0 Å². The average Bonchev–Trinajstić information content (AvgIpc) is 2.44. The smallest absolute Gasteiger partial charge is 0.303 e. The Kier molecular flexibility index (Phi) is 4.89. The third kappa shape index (κ3) is 3.98. The summed E-state index contributed by atoms with van der Waals surface area (Å²) < 4.78 is 0.480. The topological polar surface area (TPSA) is 57.6 Å². The summed E-state index contributed by atoms with van der Waals surface area (Å²) in [5.74, 6) is -1.03. The van der Waals surface area contributed by atoms with Gasteiger partial charge < -0.3 is 5.11 Å². The highest BCUT2D eigenvalue weighted by molar-refractivity contribution is 8.26. The molecular formula is C11H13NO3S2. The molecule has 0 spiro atoms. The van der Waals surface area contributed by atoms with Crippen LogP contribution >= 0.6 is 24.0 Å². The van der Waals surface area contributed by atoms with Crippen LogP contribution in [0, 0.1) is 0 Å². The zero-order valence-corrected chi connectivity index (χ0v) is 11.1. The van der Waals surface area contributed by atoms with Crippen molar-refractivity contribution in [2.45, 2.75) is 19.8 Å². The Bertz CT molecular complexity index is 415. The van der Waals surface area contributed by atoms with Crippen molar-refractivity contribution in [1.29, 1.82) is 0 Å². The van der Waals surface area contributed by atoms with Gasteiger partial charge in [-0.3, -0.25) is 14.5 Å². The van der Waals surface area contributed by atoms with Crippen LogP contribution in [0.1, 0.15) is 19.8 Å². The summed E-state index contributed by atoms with van der Waals surface area (Å²) in [5, 5.41) is 8.53. The molecule has 0 saturated carbocycles. The molecule has 0 aromatic heterocycles. The number of carbonyl (C=O) groups excluding carboxylic acids is 1. The van der Waals surface area contributed by atoms with Gasteiger partial charge in [-0.05, 0) is 19.4 Å². The first kappa shape index (κ1) is 13.9. The third-order valence-corrected chi connectivity index (χ3v) is 3.40. The molecule has 1 aliphatic rings. The number of carboxylic acid groups (broad SMARTS) is 1. The Balaban J connectivity index is 2.63. The van der Waals surface area contributed by atoms with Crippen molar-refractivity contribution < 1.29 is 14.7 Å². The minimum atomic E-state index is -0.868. The van der Waals surface area contributed by atoms with Gasteiger partial charge in [-0.15, -0.1) is 0 Å². The van der Waals surface area contributed by atoms with Gasteiger partial charge in [-0.25, -0.2) is 0 Å². The first-order valence-corrected chi connectivity index (χ1v) is 6.27. The SMILES string of the molecule is C=C(C)/C=C1\SC(=S)N(CCCC(=O)O)C1=O. The van der Waals surface area contributed by atoms with E-state index in [4.69, 9.17) is 17.3 Å². The van der Waals surface area contributed by atoms with Crippen LogP contribution < -0.4 is 0 Å². The van der Waals surface area contributed by atoms with Crippen molar-refractivity contribution >= 4 is 40.2 Å². The van der Waals surface area contributed by atoms with E-state index >= 15 is 0 Å². The Morgan fingerprint density at radius 3 is 2.82 bits per heavy atom. The predicted molar refractivity (Wildman–Crippen MR) is 71.7 cm³/mol. The van der Waals surface area contributed by atoms with Gasteiger partial charge in [0, 0.05) is 13.0 Å². The largest absolute Gasteiger partial charge is 0.481 e. The van der Waals surface area contributed by atoms with E-state index in [0.29, 0.717) is 22.2 Å². The summed E-state index contributed by atoms with van der Waals surface area (Å²) in [5.41, 5.74) is 0.788. The number of carboxylic acids is 1. The molecule has 92 valence electrons. The van der Waals surface area contributed by atoms with Gasteiger partial charge in [0.1, 0.15) is 4.32 Å². The fourth-order valence-corrected chi connectivity index (χ4v) is 2.68. The van der Waals surface area contributed by atoms with E-state index in [-0.39, 0.29) is 12.3 Å². The molecule has 1 amide bonds. The van der Waals surface area contributed by atoms with Crippen LogP contribution in [-0.4, -0.2) is 32.7 Å². The fourth-order valence-electron chi connectivity index (χ4n) is 1.30. The minimum absolute atomic E-state index is 0.0383. The van der Waals surface area contributed by atoms with E-state index in [9.17, 15) is 9.59 Å². The number of aliphatic carboxylic acids is 1. The molecule has 1 N–H and O–H groups in total. The molecule has 6 heteroatoms. The van der Waals surface area contributed by atoms with E-state index in [1.54, 1.807) is 13.0 Å². The lowest BCUT2D eigenvalue weighted by Gasteiger charge is -2.13. The van der Waals surface area contributed by atoms with Crippen LogP contribution in [0.4, 0.5) is 0 Å². The molecule has 1 aliphatic heterocycles. The highest BCUT2D eigenvalue weighted by atomic mass is 32.2. The van der Waals surface area contributed by atoms with Gasteiger partial charge in [0.25, 0.3) is 5.91 Å². The molecule has 1 rings (SSSR count). The minimum Gasteiger partial charge on any atom is -0.481 e. The molecule has 1 fully saturated rings. The van der Waals surface area contributed by atoms with Gasteiger partial charge in [0.2, 0.25) is 0 Å². The van der Waals surface area contributed by atoms with Crippen LogP contribution in [-0.2, 0) is 9.59 Å². The molecule has 1 heterocycles. The van der Waals surface area contributed by atoms with E-state index in [0.717, 1.165) is 5.57 Å². The molecule has 4 nitrogen and oxygen atoms in total. The van der Waals surface area contributed by atoms with Crippen LogP contribution in [0.3, 0.4) is 0 Å². The summed E-state index contributed by atoms with van der Waals surface area (Å²) in [6.07, 6.45) is 2.13. The number of thioether (sulfide) groups is 1. The van der Waals surface area contributed by atoms with Gasteiger partial charge in [-0.1, -0.05) is 36.1 Å². The normalized spacial score (nSPS) is 17.9. The molecule has 0 aromatic carbocycles. The average molecular weight is 271 g/mol. The maximum absolute atomic E-state index is 11.9. The fraction of sp³-hybridized carbons (Fsp3) is 0.364. The summed E-state index contributed by atoms with van der Waals surface area (Å²) >= 11 is 6.31. The van der Waals surface area contributed by atoms with Gasteiger partial charge in [-0.2, -0.15) is 0 Å². The van der Waals surface area contributed by atoms with Crippen LogP contribution in [0.2, 0.25) is 0 Å². The summed E-state index contributed by atoms with van der Waals surface area (Å²) in [6, 6.07) is 0. The van der Waals surface area contributed by atoms with Crippen LogP contribution in [0.5, 0.6) is 0 Å². The predicted octanol–water partition coefficient (Wildman–Crippen LogP) is 2.17. The lowest BCUT2D eigenvalue weighted by atomic mass is 10.2. The number of carbonyl (C=O) groups is 2. The monoisotopic (exact) mass is 271 g/mol.